The number of hydrogen-bond acceptors (Lipinski definition) is 4. The van der Waals surface area contributed by atoms with Crippen LogP contribution in [0.1, 0.15) is 60.8 Å². The molecule has 182 valence electrons. The van der Waals surface area contributed by atoms with E-state index in [2.05, 4.69) is 78.8 Å². The Balaban J connectivity index is 1.15. The number of piperidine rings is 1. The lowest BCUT2D eigenvalue weighted by molar-refractivity contribution is 0.179. The fraction of sp³-hybridized carbons (Fsp3) is 0.452. The number of nitrogens with one attached hydrogen (secondary N) is 1. The molecular weight excluding hydrogens is 428 g/mol. The lowest BCUT2D eigenvalue weighted by atomic mass is 9.62. The molecule has 1 aliphatic carbocycles. The van der Waals surface area contributed by atoms with Crippen molar-refractivity contribution in [2.75, 3.05) is 39.0 Å². The van der Waals surface area contributed by atoms with Crippen LogP contribution >= 0.6 is 0 Å². The Labute approximate surface area is 210 Å². The molecule has 2 heterocycles. The Kier molecular flexibility index (Phi) is 6.23. The third-order valence-corrected chi connectivity index (χ3v) is 8.98. The summed E-state index contributed by atoms with van der Waals surface area (Å²) in [5.41, 5.74) is 8.46. The zero-order valence-electron chi connectivity index (χ0n) is 21.4. The molecule has 3 aliphatic rings. The maximum absolute atomic E-state index is 9.36. The predicted octanol–water partition coefficient (Wildman–Crippen LogP) is 5.96. The first-order valence-corrected chi connectivity index (χ1v) is 13.1. The van der Waals surface area contributed by atoms with Gasteiger partial charge >= 0.3 is 0 Å². The van der Waals surface area contributed by atoms with E-state index in [9.17, 15) is 5.26 Å². The quantitative estimate of drug-likeness (QED) is 0.547. The number of allylic oxidation sites excluding steroid dienone is 2. The Morgan fingerprint density at radius 1 is 1.09 bits per heavy atom. The third-order valence-electron chi connectivity index (χ3n) is 8.98. The number of anilines is 1. The van der Waals surface area contributed by atoms with Crippen LogP contribution < -0.4 is 5.32 Å². The fourth-order valence-corrected chi connectivity index (χ4v) is 6.49. The number of benzene rings is 2. The van der Waals surface area contributed by atoms with Gasteiger partial charge in [0.25, 0.3) is 0 Å². The van der Waals surface area contributed by atoms with Crippen molar-refractivity contribution in [2.45, 2.75) is 55.8 Å². The molecule has 1 saturated heterocycles. The molecule has 0 radical (unpaired) electrons. The van der Waals surface area contributed by atoms with Crippen LogP contribution in [0, 0.1) is 11.3 Å². The average Bonchev–Trinajstić information content (AvgIpc) is 3.10. The number of likely N-dealkylation sites (tertiary alicyclic amines) is 1. The minimum atomic E-state index is -0.0252. The van der Waals surface area contributed by atoms with Crippen LogP contribution in [0.5, 0.6) is 0 Å². The molecule has 2 aromatic rings. The van der Waals surface area contributed by atoms with Gasteiger partial charge < -0.3 is 15.1 Å². The summed E-state index contributed by atoms with van der Waals surface area (Å²) >= 11 is 0. The van der Waals surface area contributed by atoms with E-state index in [1.807, 2.05) is 12.1 Å². The molecule has 4 nitrogen and oxygen atoms in total. The molecule has 1 N–H and O–H groups in total. The predicted molar refractivity (Wildman–Crippen MR) is 144 cm³/mol. The molecule has 2 fully saturated rings. The average molecular weight is 467 g/mol. The second-order valence-corrected chi connectivity index (χ2v) is 11.0. The number of nitrogens with zero attached hydrogens (tertiary/aromatic N) is 3. The summed E-state index contributed by atoms with van der Waals surface area (Å²) in [6.45, 7) is 12.0. The van der Waals surface area contributed by atoms with Gasteiger partial charge in [-0.25, -0.2) is 0 Å². The topological polar surface area (TPSA) is 42.3 Å². The highest BCUT2D eigenvalue weighted by molar-refractivity contribution is 5.69. The fourth-order valence-electron chi connectivity index (χ4n) is 6.49. The number of rotatable bonds is 7. The minimum absolute atomic E-state index is 0.0252. The molecule has 4 heteroatoms. The normalized spacial score (nSPS) is 20.0. The third kappa shape index (κ3) is 4.06. The van der Waals surface area contributed by atoms with Crippen LogP contribution in [0.3, 0.4) is 0 Å². The van der Waals surface area contributed by atoms with Crippen LogP contribution in [0.2, 0.25) is 0 Å². The monoisotopic (exact) mass is 466 g/mol. The van der Waals surface area contributed by atoms with Crippen molar-refractivity contribution in [1.29, 1.82) is 5.26 Å². The van der Waals surface area contributed by atoms with E-state index in [4.69, 9.17) is 0 Å². The van der Waals surface area contributed by atoms with Crippen LogP contribution in [0.4, 0.5) is 5.69 Å². The first-order chi connectivity index (χ1) is 16.9. The highest BCUT2D eigenvalue weighted by Crippen LogP contribution is 2.50. The summed E-state index contributed by atoms with van der Waals surface area (Å²) in [4.78, 5) is 4.79. The van der Waals surface area contributed by atoms with Gasteiger partial charge in [-0.3, -0.25) is 0 Å². The number of likely N-dealkylation sites (N-methyl/N-ethyl adjacent to an activating group) is 1. The van der Waals surface area contributed by atoms with E-state index in [-0.39, 0.29) is 10.8 Å². The summed E-state index contributed by atoms with van der Waals surface area (Å²) in [6, 6.07) is 17.7. The maximum Gasteiger partial charge on any atom is 0.0991 e. The van der Waals surface area contributed by atoms with Gasteiger partial charge in [0.05, 0.1) is 11.6 Å². The van der Waals surface area contributed by atoms with Crippen LogP contribution in [-0.4, -0.2) is 43.5 Å². The van der Waals surface area contributed by atoms with Crippen LogP contribution in [0.15, 0.2) is 67.0 Å². The number of aryl methyl sites for hydroxylation is 1. The summed E-state index contributed by atoms with van der Waals surface area (Å²) in [7, 11) is 4.22. The molecule has 2 aliphatic heterocycles. The standard InChI is InChI=1S/C31H38N4/c1-23-30(28-21-26(22-32)10-13-29(28)33-23)16-19-35(20-17-30)18-5-7-25-8-11-27(12-9-25)31(14-6-15-31)24(2)34(3)4/h8-13,21,33H,1-2,5-7,14-20H2,3-4H3. The maximum atomic E-state index is 9.36. The lowest BCUT2D eigenvalue weighted by Crippen LogP contribution is -2.43. The molecule has 5 rings (SSSR count). The first kappa shape index (κ1) is 23.7. The summed E-state index contributed by atoms with van der Waals surface area (Å²) in [5.74, 6) is 0. The van der Waals surface area contributed by atoms with Crippen molar-refractivity contribution >= 4 is 5.69 Å². The Morgan fingerprint density at radius 2 is 1.80 bits per heavy atom. The molecular formula is C31H38N4. The molecule has 0 atom stereocenters. The molecule has 35 heavy (non-hydrogen) atoms. The molecule has 0 aromatic heterocycles. The molecule has 2 aromatic carbocycles. The highest BCUT2D eigenvalue weighted by atomic mass is 15.1. The van der Waals surface area contributed by atoms with Gasteiger partial charge in [-0.1, -0.05) is 43.8 Å². The van der Waals surface area contributed by atoms with Gasteiger partial charge in [0.15, 0.2) is 0 Å². The summed E-state index contributed by atoms with van der Waals surface area (Å²) < 4.78 is 0. The van der Waals surface area contributed by atoms with E-state index in [1.54, 1.807) is 0 Å². The number of fused-ring (bicyclic) bond motifs is 2. The minimum Gasteiger partial charge on any atom is -0.381 e. The second-order valence-electron chi connectivity index (χ2n) is 11.0. The van der Waals surface area contributed by atoms with E-state index in [0.717, 1.165) is 55.8 Å². The Bertz CT molecular complexity index is 1160. The summed E-state index contributed by atoms with van der Waals surface area (Å²) in [6.07, 6.45) is 8.14. The number of nitriles is 1. The molecule has 1 spiro atoms. The van der Waals surface area contributed by atoms with E-state index in [1.165, 1.54) is 48.1 Å². The first-order valence-electron chi connectivity index (χ1n) is 13.1. The van der Waals surface area contributed by atoms with E-state index < -0.39 is 0 Å². The van der Waals surface area contributed by atoms with Crippen molar-refractivity contribution in [3.63, 3.8) is 0 Å². The van der Waals surface area contributed by atoms with E-state index in [0.29, 0.717) is 0 Å². The lowest BCUT2D eigenvalue weighted by Gasteiger charge is -2.46. The zero-order valence-corrected chi connectivity index (χ0v) is 21.4. The largest absolute Gasteiger partial charge is 0.381 e. The smallest absolute Gasteiger partial charge is 0.0991 e. The summed E-state index contributed by atoms with van der Waals surface area (Å²) in [5, 5.41) is 12.9. The van der Waals surface area contributed by atoms with Crippen molar-refractivity contribution in [2.24, 2.45) is 0 Å². The highest BCUT2D eigenvalue weighted by Gasteiger charge is 2.44. The van der Waals surface area contributed by atoms with Gasteiger partial charge in [-0.15, -0.1) is 0 Å². The van der Waals surface area contributed by atoms with Gasteiger partial charge in [0.1, 0.15) is 0 Å². The van der Waals surface area contributed by atoms with Crippen molar-refractivity contribution in [3.8, 4) is 6.07 Å². The Hall–Kier alpha value is -3.03. The van der Waals surface area contributed by atoms with Crippen molar-refractivity contribution < 1.29 is 0 Å². The SMILES string of the molecule is C=C(N(C)C)C1(c2ccc(CCCN3CCC4(CC3)C(=C)Nc3ccc(C#N)cc34)cc2)CCC1. The molecule has 0 bridgehead atoms. The molecule has 0 amide bonds. The van der Waals surface area contributed by atoms with Gasteiger partial charge in [0.2, 0.25) is 0 Å². The van der Waals surface area contributed by atoms with Crippen LogP contribution in [0.25, 0.3) is 0 Å². The van der Waals surface area contributed by atoms with Gasteiger partial charge in [0, 0.05) is 42.0 Å². The van der Waals surface area contributed by atoms with E-state index >= 15 is 0 Å². The van der Waals surface area contributed by atoms with Crippen molar-refractivity contribution in [3.05, 3.63) is 89.3 Å². The molecule has 0 unspecified atom stereocenters. The van der Waals surface area contributed by atoms with Gasteiger partial charge in [-0.2, -0.15) is 5.26 Å². The zero-order chi connectivity index (χ0) is 24.6. The van der Waals surface area contributed by atoms with Crippen LogP contribution in [-0.2, 0) is 17.3 Å². The second kappa shape index (κ2) is 9.21. The number of hydrogen-bond donors (Lipinski definition) is 1. The van der Waals surface area contributed by atoms with Gasteiger partial charge in [-0.05, 0) is 93.0 Å². The van der Waals surface area contributed by atoms with Crippen molar-refractivity contribution in [1.82, 2.24) is 9.80 Å². The Morgan fingerprint density at radius 3 is 2.40 bits per heavy atom. The molecule has 1 saturated carbocycles.